The van der Waals surface area contributed by atoms with Gasteiger partial charge >= 0.3 is 0 Å². The summed E-state index contributed by atoms with van der Waals surface area (Å²) >= 11 is 0. The van der Waals surface area contributed by atoms with Crippen molar-refractivity contribution in [1.29, 1.82) is 0 Å². The van der Waals surface area contributed by atoms with Crippen LogP contribution < -0.4 is 0 Å². The van der Waals surface area contributed by atoms with Gasteiger partial charge in [-0.15, -0.1) is 0 Å². The summed E-state index contributed by atoms with van der Waals surface area (Å²) in [5.74, 6) is 0.672. The van der Waals surface area contributed by atoms with Crippen LogP contribution >= 0.6 is 0 Å². The number of rotatable bonds is 6. The minimum Gasteiger partial charge on any atom is -0.462 e. The summed E-state index contributed by atoms with van der Waals surface area (Å²) in [5, 5.41) is 0. The highest BCUT2D eigenvalue weighted by Crippen LogP contribution is 2.22. The molecule has 0 aromatic rings. The molecule has 2 heteroatoms. The van der Waals surface area contributed by atoms with Crippen molar-refractivity contribution >= 4 is 6.47 Å². The van der Waals surface area contributed by atoms with Gasteiger partial charge in [0, 0.05) is 0 Å². The Bertz CT molecular complexity index is 132. The Kier molecular flexibility index (Phi) is 4.95. The molecule has 0 aromatic carbocycles. The highest BCUT2D eigenvalue weighted by atomic mass is 16.5. The molecule has 0 radical (unpaired) electrons. The van der Waals surface area contributed by atoms with Crippen LogP contribution in [0.1, 0.15) is 47.0 Å². The maximum Gasteiger partial charge on any atom is 0.293 e. The van der Waals surface area contributed by atoms with E-state index >= 15 is 0 Å². The Hall–Kier alpha value is -0.530. The molecule has 0 saturated heterocycles. The molecule has 0 fully saturated rings. The van der Waals surface area contributed by atoms with Crippen LogP contribution in [0.25, 0.3) is 0 Å². The van der Waals surface area contributed by atoms with Crippen molar-refractivity contribution in [3.05, 3.63) is 0 Å². The van der Waals surface area contributed by atoms with Crippen molar-refractivity contribution < 1.29 is 9.53 Å². The smallest absolute Gasteiger partial charge is 0.293 e. The third-order valence-electron chi connectivity index (χ3n) is 2.33. The topological polar surface area (TPSA) is 26.3 Å². The molecule has 0 N–H and O–H groups in total. The lowest BCUT2D eigenvalue weighted by atomic mass is 9.93. The van der Waals surface area contributed by atoms with E-state index in [2.05, 4.69) is 13.8 Å². The first-order valence-corrected chi connectivity index (χ1v) is 4.65. The normalized spacial score (nSPS) is 15.8. The van der Waals surface area contributed by atoms with Crippen molar-refractivity contribution in [1.82, 2.24) is 0 Å². The van der Waals surface area contributed by atoms with Gasteiger partial charge in [0.15, 0.2) is 0 Å². The lowest BCUT2D eigenvalue weighted by Crippen LogP contribution is -2.27. The molecule has 12 heavy (non-hydrogen) atoms. The molecule has 0 amide bonds. The molecule has 0 bridgehead atoms. The zero-order valence-electron chi connectivity index (χ0n) is 8.59. The molecule has 0 spiro atoms. The Morgan fingerprint density at radius 2 is 2.08 bits per heavy atom. The molecule has 72 valence electrons. The van der Waals surface area contributed by atoms with Crippen LogP contribution in [-0.4, -0.2) is 12.1 Å². The molecular weight excluding hydrogens is 152 g/mol. The van der Waals surface area contributed by atoms with Crippen LogP contribution in [0.2, 0.25) is 0 Å². The molecular formula is C10H20O2. The van der Waals surface area contributed by atoms with Gasteiger partial charge in [0.1, 0.15) is 5.60 Å². The SMILES string of the molecule is CCC(C)(CCC(C)C)OC=O. The molecule has 1 unspecified atom stereocenters. The predicted molar refractivity (Wildman–Crippen MR) is 49.9 cm³/mol. The van der Waals surface area contributed by atoms with Gasteiger partial charge < -0.3 is 4.74 Å². The second kappa shape index (κ2) is 5.18. The number of carbonyl (C=O) groups excluding carboxylic acids is 1. The largest absolute Gasteiger partial charge is 0.462 e. The molecule has 0 heterocycles. The van der Waals surface area contributed by atoms with Crippen LogP contribution in [0.3, 0.4) is 0 Å². The van der Waals surface area contributed by atoms with Gasteiger partial charge in [0.2, 0.25) is 0 Å². The average Bonchev–Trinajstić information content (AvgIpc) is 2.02. The van der Waals surface area contributed by atoms with Crippen molar-refractivity contribution in [2.24, 2.45) is 5.92 Å². The number of hydrogen-bond acceptors (Lipinski definition) is 2. The van der Waals surface area contributed by atoms with Crippen molar-refractivity contribution in [2.75, 3.05) is 0 Å². The lowest BCUT2D eigenvalue weighted by molar-refractivity contribution is -0.143. The minimum atomic E-state index is -0.244. The van der Waals surface area contributed by atoms with Gasteiger partial charge in [-0.2, -0.15) is 0 Å². The van der Waals surface area contributed by atoms with Crippen LogP contribution in [-0.2, 0) is 9.53 Å². The third-order valence-corrected chi connectivity index (χ3v) is 2.33. The molecule has 0 aliphatic heterocycles. The summed E-state index contributed by atoms with van der Waals surface area (Å²) in [7, 11) is 0. The van der Waals surface area contributed by atoms with E-state index in [1.807, 2.05) is 13.8 Å². The van der Waals surface area contributed by atoms with E-state index in [1.165, 1.54) is 0 Å². The van der Waals surface area contributed by atoms with Crippen LogP contribution in [0.5, 0.6) is 0 Å². The van der Waals surface area contributed by atoms with E-state index in [1.54, 1.807) is 0 Å². The maximum atomic E-state index is 10.2. The summed E-state index contributed by atoms with van der Waals surface area (Å²) in [4.78, 5) is 10.2. The maximum absolute atomic E-state index is 10.2. The molecule has 0 aromatic heterocycles. The van der Waals surface area contributed by atoms with E-state index in [0.29, 0.717) is 12.4 Å². The quantitative estimate of drug-likeness (QED) is 0.576. The van der Waals surface area contributed by atoms with Crippen LogP contribution in [0.15, 0.2) is 0 Å². The van der Waals surface area contributed by atoms with Crippen molar-refractivity contribution in [3.8, 4) is 0 Å². The Morgan fingerprint density at radius 1 is 1.50 bits per heavy atom. The third kappa shape index (κ3) is 4.37. The van der Waals surface area contributed by atoms with E-state index in [-0.39, 0.29) is 5.60 Å². The first-order chi connectivity index (χ1) is 5.54. The fraction of sp³-hybridized carbons (Fsp3) is 0.900. The van der Waals surface area contributed by atoms with E-state index < -0.39 is 0 Å². The second-order valence-corrected chi connectivity index (χ2v) is 3.95. The Morgan fingerprint density at radius 3 is 2.42 bits per heavy atom. The summed E-state index contributed by atoms with van der Waals surface area (Å²) in [6, 6.07) is 0. The number of ether oxygens (including phenoxy) is 1. The van der Waals surface area contributed by atoms with Gasteiger partial charge in [-0.3, -0.25) is 4.79 Å². The van der Waals surface area contributed by atoms with E-state index in [4.69, 9.17) is 4.74 Å². The molecule has 1 atom stereocenters. The van der Waals surface area contributed by atoms with Gasteiger partial charge in [0.05, 0.1) is 0 Å². The zero-order chi connectivity index (χ0) is 9.61. The van der Waals surface area contributed by atoms with Gasteiger partial charge in [-0.05, 0) is 32.1 Å². The monoisotopic (exact) mass is 172 g/mol. The molecule has 0 saturated carbocycles. The fourth-order valence-electron chi connectivity index (χ4n) is 1.03. The zero-order valence-corrected chi connectivity index (χ0v) is 8.59. The lowest BCUT2D eigenvalue weighted by Gasteiger charge is -2.26. The Balaban J connectivity index is 3.86. The van der Waals surface area contributed by atoms with E-state index in [9.17, 15) is 4.79 Å². The highest BCUT2D eigenvalue weighted by Gasteiger charge is 2.22. The van der Waals surface area contributed by atoms with Gasteiger partial charge in [-0.1, -0.05) is 20.8 Å². The number of carbonyl (C=O) groups is 1. The summed E-state index contributed by atoms with van der Waals surface area (Å²) < 4.78 is 5.05. The van der Waals surface area contributed by atoms with Gasteiger partial charge in [0.25, 0.3) is 6.47 Å². The molecule has 0 aliphatic carbocycles. The van der Waals surface area contributed by atoms with E-state index in [0.717, 1.165) is 19.3 Å². The minimum absolute atomic E-state index is 0.244. The summed E-state index contributed by atoms with van der Waals surface area (Å²) in [6.07, 6.45) is 2.95. The molecule has 0 aliphatic rings. The first-order valence-electron chi connectivity index (χ1n) is 4.65. The van der Waals surface area contributed by atoms with Crippen LogP contribution in [0.4, 0.5) is 0 Å². The molecule has 0 rings (SSSR count). The Labute approximate surface area is 75.3 Å². The van der Waals surface area contributed by atoms with Crippen LogP contribution in [0, 0.1) is 5.92 Å². The fourth-order valence-corrected chi connectivity index (χ4v) is 1.03. The summed E-state index contributed by atoms with van der Waals surface area (Å²) in [5.41, 5.74) is -0.244. The van der Waals surface area contributed by atoms with Crippen molar-refractivity contribution in [3.63, 3.8) is 0 Å². The van der Waals surface area contributed by atoms with Crippen molar-refractivity contribution in [2.45, 2.75) is 52.6 Å². The standard InChI is InChI=1S/C10H20O2/c1-5-10(4,12-8-11)7-6-9(2)3/h8-9H,5-7H2,1-4H3. The number of hydrogen-bond donors (Lipinski definition) is 0. The second-order valence-electron chi connectivity index (χ2n) is 3.95. The summed E-state index contributed by atoms with van der Waals surface area (Å²) in [6.45, 7) is 8.95. The predicted octanol–water partition coefficient (Wildman–Crippen LogP) is 2.76. The average molecular weight is 172 g/mol. The molecule has 2 nitrogen and oxygen atoms in total. The highest BCUT2D eigenvalue weighted by molar-refractivity contribution is 5.38. The van der Waals surface area contributed by atoms with Gasteiger partial charge in [-0.25, -0.2) is 0 Å². The first kappa shape index (κ1) is 11.5.